The maximum absolute atomic E-state index is 12.4. The van der Waals surface area contributed by atoms with Gasteiger partial charge in [-0.1, -0.05) is 13.8 Å². The van der Waals surface area contributed by atoms with E-state index in [1.165, 1.54) is 0 Å². The Labute approximate surface area is 118 Å². The molecule has 0 bridgehead atoms. The van der Waals surface area contributed by atoms with Crippen molar-refractivity contribution in [3.8, 4) is 0 Å². The molecule has 1 aliphatic heterocycles. The van der Waals surface area contributed by atoms with Crippen LogP contribution in [0.4, 0.5) is 5.82 Å². The molecule has 0 radical (unpaired) electrons. The molecule has 1 saturated heterocycles. The third-order valence-corrected chi connectivity index (χ3v) is 3.52. The molecule has 110 valence electrons. The van der Waals surface area contributed by atoms with Crippen molar-refractivity contribution < 1.29 is 9.90 Å². The second kappa shape index (κ2) is 6.07. The fraction of sp³-hybridized carbons (Fsp3) is 0.643. The first-order chi connectivity index (χ1) is 9.49. The van der Waals surface area contributed by atoms with E-state index in [1.807, 2.05) is 4.90 Å². The number of hydrogen-bond donors (Lipinski definition) is 1. The Bertz CT molecular complexity index is 539. The van der Waals surface area contributed by atoms with Crippen LogP contribution in [-0.2, 0) is 11.3 Å². The van der Waals surface area contributed by atoms with Gasteiger partial charge in [0.1, 0.15) is 0 Å². The van der Waals surface area contributed by atoms with E-state index in [1.54, 1.807) is 17.0 Å². The van der Waals surface area contributed by atoms with Crippen LogP contribution in [0.5, 0.6) is 0 Å². The first-order valence-corrected chi connectivity index (χ1v) is 7.03. The van der Waals surface area contributed by atoms with Gasteiger partial charge in [-0.3, -0.25) is 9.59 Å². The highest BCUT2D eigenvalue weighted by atomic mass is 16.4. The van der Waals surface area contributed by atoms with Crippen LogP contribution >= 0.6 is 0 Å². The molecule has 1 aromatic heterocycles. The van der Waals surface area contributed by atoms with Crippen molar-refractivity contribution in [2.75, 3.05) is 11.4 Å². The van der Waals surface area contributed by atoms with Crippen LogP contribution in [0.3, 0.4) is 0 Å². The van der Waals surface area contributed by atoms with Gasteiger partial charge in [0, 0.05) is 31.5 Å². The highest BCUT2D eigenvalue weighted by Crippen LogP contribution is 2.23. The fourth-order valence-corrected chi connectivity index (χ4v) is 2.70. The third-order valence-electron chi connectivity index (χ3n) is 3.52. The third kappa shape index (κ3) is 3.18. The van der Waals surface area contributed by atoms with Crippen molar-refractivity contribution in [2.45, 2.75) is 45.7 Å². The summed E-state index contributed by atoms with van der Waals surface area (Å²) >= 11 is 0. The summed E-state index contributed by atoms with van der Waals surface area (Å²) in [4.78, 5) is 29.4. The van der Waals surface area contributed by atoms with Crippen LogP contribution in [0.2, 0.25) is 0 Å². The largest absolute Gasteiger partial charge is 0.481 e. The summed E-state index contributed by atoms with van der Waals surface area (Å²) in [5.41, 5.74) is -0.126. The minimum atomic E-state index is -0.833. The van der Waals surface area contributed by atoms with Gasteiger partial charge in [0.25, 0.3) is 5.56 Å². The molecular formula is C14H21N3O3. The molecule has 1 aliphatic rings. The quantitative estimate of drug-likeness (QED) is 0.880. The summed E-state index contributed by atoms with van der Waals surface area (Å²) in [5, 5.41) is 8.95. The van der Waals surface area contributed by atoms with Gasteiger partial charge in [0.15, 0.2) is 5.82 Å². The first kappa shape index (κ1) is 14.6. The lowest BCUT2D eigenvalue weighted by Crippen LogP contribution is -2.38. The Morgan fingerprint density at radius 1 is 1.55 bits per heavy atom. The predicted octanol–water partition coefficient (Wildman–Crippen LogP) is 1.34. The lowest BCUT2D eigenvalue weighted by atomic mass is 10.1. The summed E-state index contributed by atoms with van der Waals surface area (Å²) in [6, 6.07) is -0.123. The molecule has 0 saturated carbocycles. The minimum Gasteiger partial charge on any atom is -0.481 e. The molecule has 6 nitrogen and oxygen atoms in total. The van der Waals surface area contributed by atoms with Gasteiger partial charge in [0.2, 0.25) is 0 Å². The molecule has 0 aliphatic carbocycles. The van der Waals surface area contributed by atoms with Crippen molar-refractivity contribution in [3.63, 3.8) is 0 Å². The van der Waals surface area contributed by atoms with Gasteiger partial charge in [-0.2, -0.15) is 0 Å². The zero-order valence-electron chi connectivity index (χ0n) is 12.0. The van der Waals surface area contributed by atoms with E-state index in [4.69, 9.17) is 5.11 Å². The Balaban J connectivity index is 2.28. The summed E-state index contributed by atoms with van der Waals surface area (Å²) < 4.78 is 1.66. The van der Waals surface area contributed by atoms with Crippen LogP contribution in [0.1, 0.15) is 33.1 Å². The summed E-state index contributed by atoms with van der Waals surface area (Å²) in [6.07, 6.45) is 5.06. The monoisotopic (exact) mass is 279 g/mol. The Morgan fingerprint density at radius 3 is 2.95 bits per heavy atom. The molecule has 2 heterocycles. The van der Waals surface area contributed by atoms with Crippen molar-refractivity contribution >= 4 is 11.8 Å². The number of anilines is 1. The Kier molecular flexibility index (Phi) is 4.42. The number of rotatable bonds is 5. The van der Waals surface area contributed by atoms with E-state index in [0.717, 1.165) is 12.8 Å². The van der Waals surface area contributed by atoms with E-state index in [0.29, 0.717) is 24.8 Å². The zero-order chi connectivity index (χ0) is 14.7. The van der Waals surface area contributed by atoms with Crippen LogP contribution in [0.15, 0.2) is 17.2 Å². The molecule has 1 N–H and O–H groups in total. The van der Waals surface area contributed by atoms with Gasteiger partial charge >= 0.3 is 5.97 Å². The van der Waals surface area contributed by atoms with E-state index in [-0.39, 0.29) is 18.0 Å². The number of nitrogens with zero attached hydrogens (tertiary/aromatic N) is 3. The normalized spacial score (nSPS) is 18.8. The maximum Gasteiger partial charge on any atom is 0.305 e. The molecule has 2 rings (SSSR count). The Morgan fingerprint density at radius 2 is 2.30 bits per heavy atom. The Hall–Kier alpha value is -1.85. The molecule has 1 atom stereocenters. The molecular weight excluding hydrogens is 258 g/mol. The van der Waals surface area contributed by atoms with Gasteiger partial charge in [-0.05, 0) is 18.8 Å². The second-order valence-corrected chi connectivity index (χ2v) is 5.69. The van der Waals surface area contributed by atoms with Gasteiger partial charge in [-0.25, -0.2) is 4.98 Å². The summed E-state index contributed by atoms with van der Waals surface area (Å²) in [5.74, 6) is -0.0754. The molecule has 20 heavy (non-hydrogen) atoms. The fourth-order valence-electron chi connectivity index (χ4n) is 2.70. The standard InChI is InChI=1S/C14H21N3O3/c1-10(2)9-16-7-5-15-13(14(16)20)17-6-3-4-11(17)8-12(18)19/h5,7,10-11H,3-4,6,8-9H2,1-2H3,(H,18,19). The molecule has 0 amide bonds. The lowest BCUT2D eigenvalue weighted by molar-refractivity contribution is -0.137. The SMILES string of the molecule is CC(C)Cn1ccnc(N2CCCC2CC(=O)O)c1=O. The van der Waals surface area contributed by atoms with Crippen LogP contribution in [-0.4, -0.2) is 33.2 Å². The highest BCUT2D eigenvalue weighted by Gasteiger charge is 2.29. The van der Waals surface area contributed by atoms with Crippen LogP contribution in [0, 0.1) is 5.92 Å². The molecule has 1 aromatic rings. The maximum atomic E-state index is 12.4. The number of carbonyl (C=O) groups is 1. The number of hydrogen-bond acceptors (Lipinski definition) is 4. The van der Waals surface area contributed by atoms with Crippen molar-refractivity contribution in [1.82, 2.24) is 9.55 Å². The predicted molar refractivity (Wildman–Crippen MR) is 76.0 cm³/mol. The average molecular weight is 279 g/mol. The summed E-state index contributed by atoms with van der Waals surface area (Å²) in [7, 11) is 0. The number of carboxylic acids is 1. The minimum absolute atomic E-state index is 0.0557. The van der Waals surface area contributed by atoms with Gasteiger partial charge < -0.3 is 14.6 Å². The number of aliphatic carboxylic acids is 1. The molecule has 6 heteroatoms. The average Bonchev–Trinajstić information content (AvgIpc) is 2.78. The topological polar surface area (TPSA) is 75.4 Å². The van der Waals surface area contributed by atoms with Crippen molar-refractivity contribution in [3.05, 3.63) is 22.7 Å². The van der Waals surface area contributed by atoms with Gasteiger partial charge in [0.05, 0.1) is 6.42 Å². The summed E-state index contributed by atoms with van der Waals surface area (Å²) in [6.45, 7) is 5.45. The van der Waals surface area contributed by atoms with Crippen LogP contribution in [0.25, 0.3) is 0 Å². The van der Waals surface area contributed by atoms with Gasteiger partial charge in [-0.15, -0.1) is 0 Å². The van der Waals surface area contributed by atoms with Crippen LogP contribution < -0.4 is 10.5 Å². The second-order valence-electron chi connectivity index (χ2n) is 5.69. The number of aromatic nitrogens is 2. The van der Waals surface area contributed by atoms with E-state index < -0.39 is 5.97 Å². The molecule has 1 fully saturated rings. The van der Waals surface area contributed by atoms with E-state index in [2.05, 4.69) is 18.8 Å². The first-order valence-electron chi connectivity index (χ1n) is 7.03. The lowest BCUT2D eigenvalue weighted by Gasteiger charge is -2.24. The molecule has 0 aromatic carbocycles. The smallest absolute Gasteiger partial charge is 0.305 e. The van der Waals surface area contributed by atoms with Crippen molar-refractivity contribution in [2.24, 2.45) is 5.92 Å². The zero-order valence-corrected chi connectivity index (χ0v) is 12.0. The number of carboxylic acid groups (broad SMARTS) is 1. The highest BCUT2D eigenvalue weighted by molar-refractivity contribution is 5.68. The van der Waals surface area contributed by atoms with E-state index in [9.17, 15) is 9.59 Å². The van der Waals surface area contributed by atoms with E-state index >= 15 is 0 Å². The van der Waals surface area contributed by atoms with Crippen molar-refractivity contribution in [1.29, 1.82) is 0 Å². The molecule has 0 spiro atoms. The molecule has 1 unspecified atom stereocenters.